The lowest BCUT2D eigenvalue weighted by molar-refractivity contribution is 0.0995. The van der Waals surface area contributed by atoms with Crippen LogP contribution in [0.15, 0.2) is 39.4 Å². The third-order valence-corrected chi connectivity index (χ3v) is 10.6. The van der Waals surface area contributed by atoms with Gasteiger partial charge in [-0.05, 0) is 24.3 Å². The molecule has 5 N–H and O–H groups in total. The largest absolute Gasteiger partial charge is 0.382 e. The molecule has 4 rings (SSSR count). The molecule has 0 saturated carbocycles. The van der Waals surface area contributed by atoms with Gasteiger partial charge in [0, 0.05) is 22.3 Å². The molecule has 4 heterocycles. The van der Waals surface area contributed by atoms with E-state index in [9.17, 15) is 14.7 Å². The highest BCUT2D eigenvalue weighted by Crippen LogP contribution is 2.34. The number of carbonyl (C=O) groups excluding carboxylic acids is 2. The van der Waals surface area contributed by atoms with Gasteiger partial charge in [-0.15, -0.1) is 57.1 Å². The predicted molar refractivity (Wildman–Crippen MR) is 136 cm³/mol. The average molecular weight is 541 g/mol. The number of thiazole rings is 2. The molecule has 0 aromatic carbocycles. The highest BCUT2D eigenvalue weighted by molar-refractivity contribution is 8.03. The molecular formula is C19H16N4O3S6. The normalized spacial score (nSPS) is 12.2. The molecule has 0 spiro atoms. The maximum absolute atomic E-state index is 11.3. The van der Waals surface area contributed by atoms with E-state index < -0.39 is 17.3 Å². The zero-order chi connectivity index (χ0) is 22.7. The van der Waals surface area contributed by atoms with Gasteiger partial charge >= 0.3 is 0 Å². The Kier molecular flexibility index (Phi) is 7.66. The molecule has 13 heteroatoms. The van der Waals surface area contributed by atoms with Gasteiger partial charge in [-0.1, -0.05) is 11.8 Å². The number of carbonyl (C=O) groups is 2. The minimum absolute atomic E-state index is 0.439. The lowest BCUT2D eigenvalue weighted by Gasteiger charge is -2.07. The molecule has 7 nitrogen and oxygen atoms in total. The van der Waals surface area contributed by atoms with Crippen LogP contribution in [-0.4, -0.2) is 38.1 Å². The van der Waals surface area contributed by atoms with Crippen LogP contribution in [0.25, 0.3) is 21.1 Å². The number of thiophene rings is 2. The molecule has 0 fully saturated rings. The summed E-state index contributed by atoms with van der Waals surface area (Å²) in [4.78, 5) is 34.5. The zero-order valence-electron chi connectivity index (χ0n) is 16.2. The van der Waals surface area contributed by atoms with E-state index >= 15 is 0 Å². The quantitative estimate of drug-likeness (QED) is 0.198. The summed E-state index contributed by atoms with van der Waals surface area (Å²) in [5.41, 5.74) is 11.7. The number of aliphatic hydroxyl groups excluding tert-OH is 1. The molecule has 32 heavy (non-hydrogen) atoms. The summed E-state index contributed by atoms with van der Waals surface area (Å²) in [6.45, 7) is 0. The highest BCUT2D eigenvalue weighted by Gasteiger charge is 2.14. The molecule has 4 aromatic rings. The molecule has 166 valence electrons. The van der Waals surface area contributed by atoms with Crippen LogP contribution in [0.5, 0.6) is 0 Å². The Balaban J connectivity index is 1.26. The fraction of sp³-hybridized carbons (Fsp3) is 0.158. The summed E-state index contributed by atoms with van der Waals surface area (Å²) >= 11 is 8.57. The predicted octanol–water partition coefficient (Wildman–Crippen LogP) is 4.60. The van der Waals surface area contributed by atoms with Crippen LogP contribution in [0.1, 0.15) is 24.4 Å². The van der Waals surface area contributed by atoms with E-state index in [-0.39, 0.29) is 0 Å². The molecule has 0 aliphatic heterocycles. The van der Waals surface area contributed by atoms with Gasteiger partial charge in [0.05, 0.1) is 30.9 Å². The lowest BCUT2D eigenvalue weighted by Crippen LogP contribution is -2.07. The molecule has 1 atom stereocenters. The smallest absolute Gasteiger partial charge is 0.258 e. The maximum atomic E-state index is 11.3. The van der Waals surface area contributed by atoms with Crippen LogP contribution in [-0.2, 0) is 5.75 Å². The monoisotopic (exact) mass is 540 g/mol. The van der Waals surface area contributed by atoms with E-state index in [0.29, 0.717) is 21.3 Å². The lowest BCUT2D eigenvalue weighted by atomic mass is 10.3. The van der Waals surface area contributed by atoms with Crippen molar-refractivity contribution in [3.63, 3.8) is 0 Å². The van der Waals surface area contributed by atoms with Crippen LogP contribution in [0, 0.1) is 0 Å². The summed E-state index contributed by atoms with van der Waals surface area (Å²) in [5.74, 6) is 0.212. The summed E-state index contributed by atoms with van der Waals surface area (Å²) in [7, 11) is 0. The third kappa shape index (κ3) is 5.78. The van der Waals surface area contributed by atoms with Gasteiger partial charge in [0.2, 0.25) is 0 Å². The molecule has 0 radical (unpaired) electrons. The van der Waals surface area contributed by atoms with E-state index in [4.69, 9.17) is 11.5 Å². The molecule has 0 saturated heterocycles. The van der Waals surface area contributed by atoms with Crippen molar-refractivity contribution < 1.29 is 14.7 Å². The van der Waals surface area contributed by atoms with Crippen molar-refractivity contribution in [1.29, 1.82) is 0 Å². The SMILES string of the molecule is NC(=O)c1ccc(-c2csc(CSC(O)CSc3nc(-c4ccc(C(N)=O)s4)cs3)n2)s1. The van der Waals surface area contributed by atoms with Crippen molar-refractivity contribution in [3.8, 4) is 21.1 Å². The molecule has 2 amide bonds. The van der Waals surface area contributed by atoms with Crippen molar-refractivity contribution in [1.82, 2.24) is 9.97 Å². The Labute approximate surface area is 207 Å². The van der Waals surface area contributed by atoms with E-state index in [1.807, 2.05) is 22.9 Å². The number of thioether (sulfide) groups is 2. The standard InChI is InChI=1S/C19H16N4O3S6/c20-17(25)13-3-1-11(31-13)9-5-27-15(22-9)7-28-16(24)8-30-19-23-10(6-29-19)12-2-4-14(32-12)18(21)26/h1-6,16,24H,7-8H2,(H2,20,25)(H2,21,26). The van der Waals surface area contributed by atoms with Gasteiger partial charge in [-0.25, -0.2) is 9.97 Å². The molecule has 0 bridgehead atoms. The van der Waals surface area contributed by atoms with Crippen LogP contribution in [0.2, 0.25) is 0 Å². The Morgan fingerprint density at radius 2 is 1.53 bits per heavy atom. The zero-order valence-corrected chi connectivity index (χ0v) is 21.1. The van der Waals surface area contributed by atoms with Crippen molar-refractivity contribution in [2.45, 2.75) is 15.5 Å². The fourth-order valence-corrected chi connectivity index (χ4v) is 7.94. The first kappa shape index (κ1) is 23.4. The first-order chi connectivity index (χ1) is 15.4. The van der Waals surface area contributed by atoms with Crippen molar-refractivity contribution >= 4 is 80.7 Å². The second-order valence-electron chi connectivity index (χ2n) is 6.26. The van der Waals surface area contributed by atoms with Crippen molar-refractivity contribution in [2.24, 2.45) is 11.5 Å². The summed E-state index contributed by atoms with van der Waals surface area (Å²) < 4.78 is 0.855. The first-order valence-corrected chi connectivity index (χ1v) is 14.4. The number of nitrogens with two attached hydrogens (primary N) is 2. The van der Waals surface area contributed by atoms with Gasteiger partial charge < -0.3 is 16.6 Å². The number of aliphatic hydroxyl groups is 1. The summed E-state index contributed by atoms with van der Waals surface area (Å²) in [5, 5.41) is 15.1. The average Bonchev–Trinajstić information content (AvgIpc) is 3.54. The molecule has 1 unspecified atom stereocenters. The van der Waals surface area contributed by atoms with Gasteiger partial charge in [0.1, 0.15) is 10.4 Å². The highest BCUT2D eigenvalue weighted by atomic mass is 32.2. The second kappa shape index (κ2) is 10.5. The maximum Gasteiger partial charge on any atom is 0.258 e. The van der Waals surface area contributed by atoms with Gasteiger partial charge in [-0.2, -0.15) is 0 Å². The number of hydrogen-bond donors (Lipinski definition) is 3. The topological polar surface area (TPSA) is 132 Å². The number of nitrogens with zero attached hydrogens (tertiary/aromatic N) is 2. The molecule has 0 aliphatic rings. The van der Waals surface area contributed by atoms with Crippen molar-refractivity contribution in [3.05, 3.63) is 49.8 Å². The second-order valence-corrected chi connectivity index (χ2v) is 12.7. The Bertz CT molecular complexity index is 1150. The molecular weight excluding hydrogens is 525 g/mol. The van der Waals surface area contributed by atoms with Gasteiger partial charge in [0.25, 0.3) is 11.8 Å². The number of aromatic nitrogens is 2. The minimum atomic E-state index is -0.564. The van der Waals surface area contributed by atoms with E-state index in [2.05, 4.69) is 9.97 Å². The number of amides is 2. The van der Waals surface area contributed by atoms with Crippen LogP contribution < -0.4 is 11.5 Å². The molecule has 4 aromatic heterocycles. The molecule has 0 aliphatic carbocycles. The van der Waals surface area contributed by atoms with Crippen LogP contribution in [0.3, 0.4) is 0 Å². The van der Waals surface area contributed by atoms with E-state index in [1.165, 1.54) is 68.9 Å². The minimum Gasteiger partial charge on any atom is -0.382 e. The third-order valence-electron chi connectivity index (χ3n) is 3.99. The first-order valence-electron chi connectivity index (χ1n) is 9.01. The Hall–Kier alpha value is -1.74. The Morgan fingerprint density at radius 1 is 0.938 bits per heavy atom. The van der Waals surface area contributed by atoms with E-state index in [1.54, 1.807) is 12.1 Å². The fourth-order valence-electron chi connectivity index (χ4n) is 2.50. The summed E-state index contributed by atoms with van der Waals surface area (Å²) in [6.07, 6.45) is 0. The van der Waals surface area contributed by atoms with Gasteiger partial charge in [0.15, 0.2) is 4.34 Å². The Morgan fingerprint density at radius 3 is 2.12 bits per heavy atom. The van der Waals surface area contributed by atoms with E-state index in [0.717, 1.165) is 30.5 Å². The van der Waals surface area contributed by atoms with Crippen LogP contribution in [0.4, 0.5) is 0 Å². The number of rotatable bonds is 10. The number of hydrogen-bond acceptors (Lipinski definition) is 11. The van der Waals surface area contributed by atoms with Crippen molar-refractivity contribution in [2.75, 3.05) is 5.75 Å². The summed E-state index contributed by atoms with van der Waals surface area (Å²) in [6, 6.07) is 7.09. The van der Waals surface area contributed by atoms with Gasteiger partial charge in [-0.3, -0.25) is 9.59 Å². The number of primary amides is 2. The van der Waals surface area contributed by atoms with Crippen LogP contribution >= 0.6 is 68.9 Å².